The molecule has 2 saturated heterocycles. The lowest BCUT2D eigenvalue weighted by Crippen LogP contribution is -2.41. The van der Waals surface area contributed by atoms with Gasteiger partial charge in [-0.15, -0.1) is 0 Å². The molecule has 0 radical (unpaired) electrons. The summed E-state index contributed by atoms with van der Waals surface area (Å²) in [6.07, 6.45) is 7.58. The van der Waals surface area contributed by atoms with Gasteiger partial charge in [0.1, 0.15) is 17.9 Å². The minimum atomic E-state index is 0.489. The molecular formula is C18H23ClN4OS. The molecule has 0 amide bonds. The number of anilines is 1. The van der Waals surface area contributed by atoms with Crippen LogP contribution in [-0.4, -0.2) is 53.8 Å². The Balaban J connectivity index is 1.58. The Bertz CT molecular complexity index is 779. The highest BCUT2D eigenvalue weighted by atomic mass is 35.5. The van der Waals surface area contributed by atoms with Gasteiger partial charge in [0.15, 0.2) is 0 Å². The predicted molar refractivity (Wildman–Crippen MR) is 105 cm³/mol. The molecule has 0 unspecified atom stereocenters. The van der Waals surface area contributed by atoms with E-state index in [0.717, 1.165) is 29.8 Å². The van der Waals surface area contributed by atoms with Crippen molar-refractivity contribution in [2.24, 2.45) is 5.41 Å². The van der Waals surface area contributed by atoms with E-state index in [1.54, 1.807) is 13.4 Å². The lowest BCUT2D eigenvalue weighted by molar-refractivity contribution is 0.237. The van der Waals surface area contributed by atoms with Crippen LogP contribution in [0.4, 0.5) is 5.82 Å². The van der Waals surface area contributed by atoms with Crippen LogP contribution in [0.1, 0.15) is 19.3 Å². The van der Waals surface area contributed by atoms with Gasteiger partial charge < -0.3 is 9.64 Å². The molecule has 2 fully saturated rings. The van der Waals surface area contributed by atoms with Crippen LogP contribution in [-0.2, 0) is 0 Å². The molecular weight excluding hydrogens is 356 g/mol. The Hall–Kier alpha value is -1.24. The average molecular weight is 379 g/mol. The first-order valence-corrected chi connectivity index (χ1v) is 10.2. The number of fused-ring (bicyclic) bond motifs is 1. The third kappa shape index (κ3) is 3.15. The molecule has 2 aliphatic rings. The van der Waals surface area contributed by atoms with Gasteiger partial charge in [-0.1, -0.05) is 23.5 Å². The molecule has 4 rings (SSSR count). The van der Waals surface area contributed by atoms with E-state index >= 15 is 0 Å². The molecule has 25 heavy (non-hydrogen) atoms. The van der Waals surface area contributed by atoms with Crippen molar-refractivity contribution in [3.8, 4) is 5.75 Å². The summed E-state index contributed by atoms with van der Waals surface area (Å²) >= 11 is 8.21. The number of methoxy groups -OCH3 is 1. The Morgan fingerprint density at radius 2 is 1.92 bits per heavy atom. The Labute approximate surface area is 157 Å². The maximum Gasteiger partial charge on any atom is 0.139 e. The summed E-state index contributed by atoms with van der Waals surface area (Å²) in [5, 5.41) is 1.60. The number of hydrogen-bond acceptors (Lipinski definition) is 6. The molecule has 0 saturated carbocycles. The number of piperidine rings is 1. The third-order valence-electron chi connectivity index (χ3n) is 5.67. The second-order valence-electron chi connectivity index (χ2n) is 6.98. The molecule has 0 bridgehead atoms. The van der Waals surface area contributed by atoms with E-state index in [2.05, 4.69) is 25.4 Å². The number of nitrogens with zero attached hydrogens (tertiary/aromatic N) is 4. The SMILES string of the molecule is COc1cc2ncnc(N3CCC4(CCN(SC)C4)CC3)c2cc1Cl. The normalized spacial score (nSPS) is 20.5. The monoisotopic (exact) mass is 378 g/mol. The predicted octanol–water partition coefficient (Wildman–Crippen LogP) is 3.86. The lowest BCUT2D eigenvalue weighted by atomic mass is 9.78. The highest BCUT2D eigenvalue weighted by molar-refractivity contribution is 7.96. The van der Waals surface area contributed by atoms with Crippen LogP contribution in [0, 0.1) is 5.41 Å². The van der Waals surface area contributed by atoms with E-state index < -0.39 is 0 Å². The van der Waals surface area contributed by atoms with E-state index in [9.17, 15) is 0 Å². The Morgan fingerprint density at radius 3 is 2.60 bits per heavy atom. The van der Waals surface area contributed by atoms with Crippen LogP contribution in [0.15, 0.2) is 18.5 Å². The third-order valence-corrected chi connectivity index (χ3v) is 6.80. The maximum atomic E-state index is 6.34. The first kappa shape index (κ1) is 17.2. The molecule has 5 nitrogen and oxygen atoms in total. The first-order chi connectivity index (χ1) is 12.1. The van der Waals surface area contributed by atoms with Crippen molar-refractivity contribution in [1.29, 1.82) is 0 Å². The average Bonchev–Trinajstić information content (AvgIpc) is 3.04. The van der Waals surface area contributed by atoms with Gasteiger partial charge in [0.25, 0.3) is 0 Å². The van der Waals surface area contributed by atoms with E-state index in [1.165, 1.54) is 32.4 Å². The second kappa shape index (κ2) is 6.82. The number of ether oxygens (including phenoxy) is 1. The summed E-state index contributed by atoms with van der Waals surface area (Å²) < 4.78 is 7.81. The fourth-order valence-corrected chi connectivity index (χ4v) is 5.02. The van der Waals surface area contributed by atoms with Crippen molar-refractivity contribution in [2.75, 3.05) is 44.4 Å². The Morgan fingerprint density at radius 1 is 1.16 bits per heavy atom. The molecule has 0 aliphatic carbocycles. The maximum absolute atomic E-state index is 6.34. The minimum Gasteiger partial charge on any atom is -0.495 e. The van der Waals surface area contributed by atoms with E-state index in [0.29, 0.717) is 16.2 Å². The molecule has 1 aromatic heterocycles. The zero-order chi connectivity index (χ0) is 17.4. The van der Waals surface area contributed by atoms with Gasteiger partial charge in [-0.3, -0.25) is 4.31 Å². The van der Waals surface area contributed by atoms with Crippen LogP contribution in [0.3, 0.4) is 0 Å². The van der Waals surface area contributed by atoms with Crippen LogP contribution >= 0.6 is 23.5 Å². The van der Waals surface area contributed by atoms with E-state index in [4.69, 9.17) is 16.3 Å². The molecule has 134 valence electrons. The zero-order valence-electron chi connectivity index (χ0n) is 14.7. The van der Waals surface area contributed by atoms with E-state index in [1.807, 2.05) is 24.1 Å². The number of aromatic nitrogens is 2. The van der Waals surface area contributed by atoms with Crippen LogP contribution in [0.5, 0.6) is 5.75 Å². The number of rotatable bonds is 3. The summed E-state index contributed by atoms with van der Waals surface area (Å²) in [5.74, 6) is 1.64. The number of hydrogen-bond donors (Lipinski definition) is 0. The first-order valence-electron chi connectivity index (χ1n) is 8.66. The smallest absolute Gasteiger partial charge is 0.139 e. The largest absolute Gasteiger partial charge is 0.495 e. The van der Waals surface area contributed by atoms with Gasteiger partial charge in [-0.05, 0) is 37.0 Å². The molecule has 0 atom stereocenters. The van der Waals surface area contributed by atoms with Crippen molar-refractivity contribution in [3.63, 3.8) is 0 Å². The minimum absolute atomic E-state index is 0.489. The van der Waals surface area contributed by atoms with Crippen LogP contribution in [0.2, 0.25) is 5.02 Å². The van der Waals surface area contributed by atoms with Crippen molar-refractivity contribution in [1.82, 2.24) is 14.3 Å². The highest BCUT2D eigenvalue weighted by Gasteiger charge is 2.40. The van der Waals surface area contributed by atoms with Gasteiger partial charge in [-0.2, -0.15) is 0 Å². The van der Waals surface area contributed by atoms with E-state index in [-0.39, 0.29) is 0 Å². The van der Waals surface area contributed by atoms with Gasteiger partial charge >= 0.3 is 0 Å². The van der Waals surface area contributed by atoms with Gasteiger partial charge in [0.05, 0.1) is 17.6 Å². The van der Waals surface area contributed by atoms with Gasteiger partial charge in [0, 0.05) is 37.6 Å². The van der Waals surface area contributed by atoms with Crippen LogP contribution in [0.25, 0.3) is 10.9 Å². The summed E-state index contributed by atoms with van der Waals surface area (Å²) in [6.45, 7) is 4.51. The van der Waals surface area contributed by atoms with Crippen molar-refractivity contribution < 1.29 is 4.74 Å². The summed E-state index contributed by atoms with van der Waals surface area (Å²) in [4.78, 5) is 11.4. The molecule has 0 N–H and O–H groups in total. The highest BCUT2D eigenvalue weighted by Crippen LogP contribution is 2.43. The molecule has 7 heteroatoms. The fraction of sp³-hybridized carbons (Fsp3) is 0.556. The zero-order valence-corrected chi connectivity index (χ0v) is 16.2. The van der Waals surface area contributed by atoms with Crippen molar-refractivity contribution >= 4 is 40.3 Å². The lowest BCUT2D eigenvalue weighted by Gasteiger charge is -2.40. The second-order valence-corrected chi connectivity index (χ2v) is 8.27. The fourth-order valence-electron chi connectivity index (χ4n) is 4.10. The van der Waals surface area contributed by atoms with Crippen molar-refractivity contribution in [3.05, 3.63) is 23.5 Å². The van der Waals surface area contributed by atoms with Crippen LogP contribution < -0.4 is 9.64 Å². The van der Waals surface area contributed by atoms with Gasteiger partial charge in [0.2, 0.25) is 0 Å². The molecule has 1 aromatic carbocycles. The number of benzene rings is 1. The molecule has 2 aromatic rings. The summed E-state index contributed by atoms with van der Waals surface area (Å²) in [6, 6.07) is 3.82. The summed E-state index contributed by atoms with van der Waals surface area (Å²) in [7, 11) is 1.62. The summed E-state index contributed by atoms with van der Waals surface area (Å²) in [5.41, 5.74) is 1.37. The standard InChI is InChI=1S/C18H23ClN4OS/c1-24-16-10-15-13(9-14(16)19)17(21-12-20-15)22-6-3-18(4-7-22)5-8-23(11-18)25-2/h9-10,12H,3-8,11H2,1-2H3. The molecule has 3 heterocycles. The topological polar surface area (TPSA) is 41.5 Å². The Kier molecular flexibility index (Phi) is 4.69. The molecule has 2 aliphatic heterocycles. The quantitative estimate of drug-likeness (QED) is 0.755. The molecule has 1 spiro atoms. The van der Waals surface area contributed by atoms with Gasteiger partial charge in [-0.25, -0.2) is 9.97 Å². The van der Waals surface area contributed by atoms with Crippen molar-refractivity contribution in [2.45, 2.75) is 19.3 Å². The number of halogens is 1.